The average molecular weight is 472 g/mol. The van der Waals surface area contributed by atoms with E-state index in [1.54, 1.807) is 42.5 Å². The molecule has 2 amide bonds. The van der Waals surface area contributed by atoms with Crippen LogP contribution in [-0.2, 0) is 14.9 Å². The predicted molar refractivity (Wildman–Crippen MR) is 122 cm³/mol. The smallest absolute Gasteiger partial charge is 0.295 e. The van der Waals surface area contributed by atoms with E-state index < -0.39 is 33.4 Å². The van der Waals surface area contributed by atoms with Crippen LogP contribution in [0.1, 0.15) is 42.2 Å². The van der Waals surface area contributed by atoms with Gasteiger partial charge in [0, 0.05) is 17.2 Å². The molecule has 0 fully saturated rings. The van der Waals surface area contributed by atoms with Crippen LogP contribution < -0.4 is 0 Å². The molecule has 0 saturated carbocycles. The van der Waals surface area contributed by atoms with E-state index in [2.05, 4.69) is 4.40 Å². The largest absolute Gasteiger partial charge is 0.364 e. The van der Waals surface area contributed by atoms with Gasteiger partial charge in [0.2, 0.25) is 11.5 Å². The molecule has 5 rings (SSSR count). The minimum Gasteiger partial charge on any atom is -0.364 e. The summed E-state index contributed by atoms with van der Waals surface area (Å²) in [6, 6.07) is 18.6. The van der Waals surface area contributed by atoms with E-state index in [0.29, 0.717) is 5.06 Å². The lowest BCUT2D eigenvalue weighted by Gasteiger charge is -2.20. The minimum atomic E-state index is -4.12. The van der Waals surface area contributed by atoms with Crippen LogP contribution >= 0.6 is 0 Å². The molecule has 1 heterocycles. The molecular formula is C25H16N2O6S. The van der Waals surface area contributed by atoms with Crippen LogP contribution in [0.5, 0.6) is 0 Å². The van der Waals surface area contributed by atoms with Crippen molar-refractivity contribution < 1.29 is 27.6 Å². The molecule has 2 aliphatic rings. The van der Waals surface area contributed by atoms with Crippen molar-refractivity contribution in [1.29, 1.82) is 0 Å². The summed E-state index contributed by atoms with van der Waals surface area (Å²) in [4.78, 5) is 43.9. The lowest BCUT2D eigenvalue weighted by Crippen LogP contribution is -2.33. The SMILES string of the molecule is Cc1ccc(S(=O)(=O)/N=C2\C=C(ON3C(=O)c4ccccc4C3=O)C(=O)c3ccccc32)cc1. The van der Waals surface area contributed by atoms with Crippen molar-refractivity contribution in [1.82, 2.24) is 5.06 Å². The van der Waals surface area contributed by atoms with E-state index in [1.807, 2.05) is 6.92 Å². The second-order valence-corrected chi connectivity index (χ2v) is 9.29. The van der Waals surface area contributed by atoms with Crippen LogP contribution in [0, 0.1) is 6.92 Å². The number of imide groups is 1. The van der Waals surface area contributed by atoms with Crippen LogP contribution in [0.15, 0.2) is 93.9 Å². The zero-order valence-corrected chi connectivity index (χ0v) is 18.6. The number of hydrogen-bond donors (Lipinski definition) is 0. The summed E-state index contributed by atoms with van der Waals surface area (Å²) in [6.07, 6.45) is 1.12. The number of hydroxylamine groups is 2. The van der Waals surface area contributed by atoms with Gasteiger partial charge in [-0.25, -0.2) is 0 Å². The first-order valence-electron chi connectivity index (χ1n) is 10.2. The second kappa shape index (κ2) is 7.89. The molecule has 0 spiro atoms. The second-order valence-electron chi connectivity index (χ2n) is 7.69. The number of rotatable bonds is 4. The molecule has 0 saturated heterocycles. The van der Waals surface area contributed by atoms with Gasteiger partial charge >= 0.3 is 0 Å². The number of aryl methyl sites for hydroxylation is 1. The molecule has 0 unspecified atom stereocenters. The Morgan fingerprint density at radius 1 is 0.735 bits per heavy atom. The third-order valence-corrected chi connectivity index (χ3v) is 6.73. The zero-order valence-electron chi connectivity index (χ0n) is 17.8. The number of allylic oxidation sites excluding steroid dienone is 2. The molecule has 34 heavy (non-hydrogen) atoms. The fourth-order valence-electron chi connectivity index (χ4n) is 3.69. The highest BCUT2D eigenvalue weighted by atomic mass is 32.2. The Morgan fingerprint density at radius 2 is 1.26 bits per heavy atom. The summed E-state index contributed by atoms with van der Waals surface area (Å²) in [7, 11) is -4.12. The van der Waals surface area contributed by atoms with Crippen molar-refractivity contribution >= 4 is 33.3 Å². The zero-order chi connectivity index (χ0) is 24.0. The summed E-state index contributed by atoms with van der Waals surface area (Å²) in [6.45, 7) is 1.83. The normalized spacial score (nSPS) is 16.4. The standard InChI is InChI=1S/C25H16N2O6S/c1-15-10-12-16(13-11-15)34(31,32)26-21-14-22(23(28)18-7-3-2-6-17(18)21)33-27-24(29)19-8-4-5-9-20(19)25(27)30/h2-14H,1H3/b26-21+. The summed E-state index contributed by atoms with van der Waals surface area (Å²) in [5.74, 6) is -2.46. The van der Waals surface area contributed by atoms with Crippen molar-refractivity contribution in [2.75, 3.05) is 0 Å². The third-order valence-electron chi connectivity index (χ3n) is 5.42. The van der Waals surface area contributed by atoms with Crippen LogP contribution in [0.2, 0.25) is 0 Å². The van der Waals surface area contributed by atoms with Gasteiger partial charge in [-0.15, -0.1) is 0 Å². The highest BCUT2D eigenvalue weighted by molar-refractivity contribution is 7.90. The molecule has 8 nitrogen and oxygen atoms in total. The Bertz CT molecular complexity index is 1520. The van der Waals surface area contributed by atoms with E-state index in [1.165, 1.54) is 30.3 Å². The quantitative estimate of drug-likeness (QED) is 0.538. The van der Waals surface area contributed by atoms with Crippen molar-refractivity contribution in [3.05, 3.63) is 112 Å². The van der Waals surface area contributed by atoms with Crippen molar-refractivity contribution in [2.45, 2.75) is 11.8 Å². The first-order chi connectivity index (χ1) is 16.3. The maximum atomic E-state index is 13.1. The van der Waals surface area contributed by atoms with E-state index in [0.717, 1.165) is 11.6 Å². The number of carbonyl (C=O) groups is 3. The minimum absolute atomic E-state index is 0.0174. The molecule has 1 aliphatic heterocycles. The maximum Gasteiger partial charge on any atom is 0.295 e. The lowest BCUT2D eigenvalue weighted by molar-refractivity contribution is -0.0534. The number of sulfonamides is 1. The Balaban J connectivity index is 1.57. The van der Waals surface area contributed by atoms with Crippen LogP contribution in [0.25, 0.3) is 0 Å². The molecule has 1 aliphatic carbocycles. The average Bonchev–Trinajstić information content (AvgIpc) is 3.07. The van der Waals surface area contributed by atoms with E-state index in [-0.39, 0.29) is 32.9 Å². The molecule has 3 aromatic carbocycles. The van der Waals surface area contributed by atoms with Crippen molar-refractivity contribution in [3.8, 4) is 0 Å². The highest BCUT2D eigenvalue weighted by Crippen LogP contribution is 2.29. The molecule has 3 aromatic rings. The van der Waals surface area contributed by atoms with E-state index in [4.69, 9.17) is 4.84 Å². The number of amides is 2. The van der Waals surface area contributed by atoms with Gasteiger partial charge < -0.3 is 4.84 Å². The number of benzene rings is 3. The third kappa shape index (κ3) is 3.52. The van der Waals surface area contributed by atoms with Gasteiger partial charge in [0.25, 0.3) is 21.8 Å². The fraction of sp³-hybridized carbons (Fsp3) is 0.0400. The van der Waals surface area contributed by atoms with E-state index in [9.17, 15) is 22.8 Å². The summed E-state index contributed by atoms with van der Waals surface area (Å²) in [5.41, 5.74) is 1.55. The van der Waals surface area contributed by atoms with Gasteiger partial charge in [0.15, 0.2) is 0 Å². The molecule has 0 aromatic heterocycles. The highest BCUT2D eigenvalue weighted by Gasteiger charge is 2.40. The van der Waals surface area contributed by atoms with Gasteiger partial charge in [0.1, 0.15) is 0 Å². The van der Waals surface area contributed by atoms with Gasteiger partial charge in [-0.2, -0.15) is 12.8 Å². The number of carbonyl (C=O) groups excluding carboxylic acids is 3. The van der Waals surface area contributed by atoms with Gasteiger partial charge in [-0.05, 0) is 31.2 Å². The van der Waals surface area contributed by atoms with Crippen LogP contribution in [0.3, 0.4) is 0 Å². The molecule has 168 valence electrons. The summed E-state index contributed by atoms with van der Waals surface area (Å²) >= 11 is 0. The number of ketones is 1. The molecule has 0 bridgehead atoms. The predicted octanol–water partition coefficient (Wildman–Crippen LogP) is 3.48. The first-order valence-corrected chi connectivity index (χ1v) is 11.6. The van der Waals surface area contributed by atoms with Crippen molar-refractivity contribution in [2.24, 2.45) is 4.40 Å². The number of Topliss-reactive ketones (excluding diaryl/α,β-unsaturated/α-hetero) is 1. The first kappa shape index (κ1) is 21.5. The topological polar surface area (TPSA) is 110 Å². The number of hydrogen-bond acceptors (Lipinski definition) is 6. The lowest BCUT2D eigenvalue weighted by atomic mass is 9.93. The Kier molecular flexibility index (Phi) is 4.98. The van der Waals surface area contributed by atoms with Gasteiger partial charge in [-0.1, -0.05) is 59.2 Å². The Morgan fingerprint density at radius 3 is 1.85 bits per heavy atom. The van der Waals surface area contributed by atoms with Crippen molar-refractivity contribution in [3.63, 3.8) is 0 Å². The summed E-state index contributed by atoms with van der Waals surface area (Å²) < 4.78 is 29.8. The van der Waals surface area contributed by atoms with Crippen LogP contribution in [-0.4, -0.2) is 36.8 Å². The molecule has 9 heteroatoms. The van der Waals surface area contributed by atoms with Crippen LogP contribution in [0.4, 0.5) is 0 Å². The Hall–Kier alpha value is -4.37. The molecule has 0 N–H and O–H groups in total. The molecule has 0 atom stereocenters. The van der Waals surface area contributed by atoms with E-state index >= 15 is 0 Å². The molecule has 0 radical (unpaired) electrons. The number of nitrogens with zero attached hydrogens (tertiary/aromatic N) is 2. The van der Waals surface area contributed by atoms with Gasteiger partial charge in [0.05, 0.1) is 21.7 Å². The Labute approximate surface area is 194 Å². The number of fused-ring (bicyclic) bond motifs is 2. The summed E-state index contributed by atoms with van der Waals surface area (Å²) in [5, 5.41) is 0.494. The maximum absolute atomic E-state index is 13.1. The fourth-order valence-corrected chi connectivity index (χ4v) is 4.68. The monoisotopic (exact) mass is 472 g/mol. The molecular weight excluding hydrogens is 456 g/mol. The van der Waals surface area contributed by atoms with Gasteiger partial charge in [-0.3, -0.25) is 14.4 Å².